The zero-order chi connectivity index (χ0) is 13.0. The third-order valence-electron chi connectivity index (χ3n) is 2.80. The monoisotopic (exact) mass is 240 g/mol. The van der Waals surface area contributed by atoms with Crippen LogP contribution in [0.3, 0.4) is 0 Å². The van der Waals surface area contributed by atoms with Crippen LogP contribution >= 0.6 is 0 Å². The summed E-state index contributed by atoms with van der Waals surface area (Å²) in [5, 5.41) is 12.2. The first-order valence-electron chi connectivity index (χ1n) is 5.69. The Kier molecular flexibility index (Phi) is 3.59. The van der Waals surface area contributed by atoms with Gasteiger partial charge in [-0.05, 0) is 42.3 Å². The number of rotatable bonds is 3. The molecule has 0 aliphatic carbocycles. The minimum atomic E-state index is -0.324. The van der Waals surface area contributed by atoms with Crippen molar-refractivity contribution in [2.24, 2.45) is 0 Å². The number of hydrogen-bond donors (Lipinski definition) is 1. The van der Waals surface area contributed by atoms with Gasteiger partial charge in [-0.1, -0.05) is 18.2 Å². The molecule has 0 heterocycles. The van der Waals surface area contributed by atoms with E-state index in [0.717, 1.165) is 11.3 Å². The van der Waals surface area contributed by atoms with Crippen molar-refractivity contribution in [3.05, 3.63) is 65.0 Å². The molecule has 0 spiro atoms. The zero-order valence-corrected chi connectivity index (χ0v) is 10.1. The zero-order valence-electron chi connectivity index (χ0n) is 10.1. The Morgan fingerprint density at radius 1 is 1.22 bits per heavy atom. The van der Waals surface area contributed by atoms with E-state index >= 15 is 0 Å². The highest BCUT2D eigenvalue weighted by atomic mass is 19.1. The minimum absolute atomic E-state index is 0.324. The molecule has 0 atom stereocenters. The molecular weight excluding hydrogens is 227 g/mol. The van der Waals surface area contributed by atoms with Gasteiger partial charge in [0.05, 0.1) is 11.6 Å². The van der Waals surface area contributed by atoms with Gasteiger partial charge in [-0.25, -0.2) is 4.39 Å². The number of nitrogens with one attached hydrogen (secondary N) is 1. The maximum Gasteiger partial charge on any atom is 0.123 e. The lowest BCUT2D eigenvalue weighted by Crippen LogP contribution is -2.03. The Morgan fingerprint density at radius 2 is 2.00 bits per heavy atom. The van der Waals surface area contributed by atoms with Crippen molar-refractivity contribution in [2.45, 2.75) is 13.5 Å². The number of benzene rings is 2. The fraction of sp³-hybridized carbons (Fsp3) is 0.133. The number of aryl methyl sites for hydroxylation is 1. The highest BCUT2D eigenvalue weighted by Gasteiger charge is 2.04. The van der Waals surface area contributed by atoms with Crippen LogP contribution < -0.4 is 5.32 Å². The first-order valence-corrected chi connectivity index (χ1v) is 5.69. The van der Waals surface area contributed by atoms with E-state index in [1.165, 1.54) is 18.2 Å². The van der Waals surface area contributed by atoms with Gasteiger partial charge in [-0.15, -0.1) is 0 Å². The number of hydrogen-bond acceptors (Lipinski definition) is 2. The van der Waals surface area contributed by atoms with Crippen molar-refractivity contribution < 1.29 is 4.39 Å². The molecule has 2 aromatic carbocycles. The predicted molar refractivity (Wildman–Crippen MR) is 69.6 cm³/mol. The van der Waals surface area contributed by atoms with Crippen LogP contribution in [0.4, 0.5) is 10.1 Å². The molecule has 0 saturated heterocycles. The smallest absolute Gasteiger partial charge is 0.123 e. The highest BCUT2D eigenvalue weighted by Crippen LogP contribution is 2.16. The van der Waals surface area contributed by atoms with Gasteiger partial charge in [0.1, 0.15) is 5.82 Å². The minimum Gasteiger partial charge on any atom is -0.381 e. The Balaban J connectivity index is 2.18. The Bertz CT molecular complexity index is 600. The van der Waals surface area contributed by atoms with Gasteiger partial charge in [-0.3, -0.25) is 0 Å². The Labute approximate surface area is 106 Å². The predicted octanol–water partition coefficient (Wildman–Crippen LogP) is 3.62. The summed E-state index contributed by atoms with van der Waals surface area (Å²) in [6, 6.07) is 14.1. The molecule has 0 amide bonds. The van der Waals surface area contributed by atoms with Crippen LogP contribution in [0.2, 0.25) is 0 Å². The number of nitriles is 1. The highest BCUT2D eigenvalue weighted by molar-refractivity contribution is 5.51. The molecule has 0 aliphatic heterocycles. The van der Waals surface area contributed by atoms with Crippen LogP contribution in [0, 0.1) is 24.1 Å². The van der Waals surface area contributed by atoms with Gasteiger partial charge in [0.2, 0.25) is 0 Å². The maximum atomic E-state index is 13.2. The van der Waals surface area contributed by atoms with Crippen LogP contribution in [-0.2, 0) is 6.54 Å². The lowest BCUT2D eigenvalue weighted by molar-refractivity contribution is 0.625. The summed E-state index contributed by atoms with van der Waals surface area (Å²) >= 11 is 0. The number of anilines is 1. The molecule has 0 aromatic heterocycles. The van der Waals surface area contributed by atoms with Gasteiger partial charge in [0, 0.05) is 12.2 Å². The molecule has 0 radical (unpaired) electrons. The summed E-state index contributed by atoms with van der Waals surface area (Å²) in [5.41, 5.74) is 3.27. The molecule has 2 aromatic rings. The molecule has 0 fully saturated rings. The van der Waals surface area contributed by atoms with Gasteiger partial charge in [-0.2, -0.15) is 5.26 Å². The van der Waals surface area contributed by atoms with Crippen LogP contribution in [0.15, 0.2) is 42.5 Å². The molecular formula is C15H13FN2. The Hall–Kier alpha value is -2.34. The summed E-state index contributed by atoms with van der Waals surface area (Å²) in [7, 11) is 0. The maximum absolute atomic E-state index is 13.2. The van der Waals surface area contributed by atoms with Crippen molar-refractivity contribution in [3.63, 3.8) is 0 Å². The van der Waals surface area contributed by atoms with Gasteiger partial charge < -0.3 is 5.32 Å². The molecule has 2 rings (SSSR count). The summed E-state index contributed by atoms with van der Waals surface area (Å²) in [6.45, 7) is 2.44. The fourth-order valence-corrected chi connectivity index (χ4v) is 1.78. The second-order valence-corrected chi connectivity index (χ2v) is 4.08. The van der Waals surface area contributed by atoms with E-state index < -0.39 is 0 Å². The quantitative estimate of drug-likeness (QED) is 0.889. The van der Waals surface area contributed by atoms with Crippen LogP contribution in [0.5, 0.6) is 0 Å². The molecule has 0 aliphatic rings. The largest absolute Gasteiger partial charge is 0.381 e. The Morgan fingerprint density at radius 3 is 2.72 bits per heavy atom. The van der Waals surface area contributed by atoms with E-state index in [0.29, 0.717) is 17.7 Å². The van der Waals surface area contributed by atoms with Crippen molar-refractivity contribution in [1.29, 1.82) is 5.26 Å². The standard InChI is InChI=1S/C15H13FN2/c1-11-4-2-3-5-15(11)18-10-13-8-14(16)7-6-12(13)9-17/h2-8,18H,10H2,1H3. The lowest BCUT2D eigenvalue weighted by atomic mass is 10.1. The van der Waals surface area contributed by atoms with Crippen molar-refractivity contribution in [1.82, 2.24) is 0 Å². The third-order valence-corrected chi connectivity index (χ3v) is 2.80. The number of halogens is 1. The van der Waals surface area contributed by atoms with E-state index in [1.54, 1.807) is 0 Å². The topological polar surface area (TPSA) is 35.8 Å². The molecule has 3 heteroatoms. The summed E-state index contributed by atoms with van der Waals surface area (Å²) < 4.78 is 13.2. The summed E-state index contributed by atoms with van der Waals surface area (Å²) in [5.74, 6) is -0.324. The van der Waals surface area contributed by atoms with E-state index in [-0.39, 0.29) is 5.82 Å². The number of para-hydroxylation sites is 1. The fourth-order valence-electron chi connectivity index (χ4n) is 1.78. The third kappa shape index (κ3) is 2.67. The molecule has 2 nitrogen and oxygen atoms in total. The second-order valence-electron chi connectivity index (χ2n) is 4.08. The molecule has 90 valence electrons. The van der Waals surface area contributed by atoms with Crippen molar-refractivity contribution >= 4 is 5.69 Å². The van der Waals surface area contributed by atoms with E-state index in [4.69, 9.17) is 5.26 Å². The van der Waals surface area contributed by atoms with Crippen LogP contribution in [-0.4, -0.2) is 0 Å². The first-order chi connectivity index (χ1) is 8.70. The summed E-state index contributed by atoms with van der Waals surface area (Å²) in [4.78, 5) is 0. The van der Waals surface area contributed by atoms with Crippen LogP contribution in [0.25, 0.3) is 0 Å². The average Bonchev–Trinajstić information content (AvgIpc) is 2.38. The molecule has 1 N–H and O–H groups in total. The van der Waals surface area contributed by atoms with E-state index in [9.17, 15) is 4.39 Å². The van der Waals surface area contributed by atoms with Gasteiger partial charge in [0.15, 0.2) is 0 Å². The van der Waals surface area contributed by atoms with Gasteiger partial charge >= 0.3 is 0 Å². The number of nitrogens with zero attached hydrogens (tertiary/aromatic N) is 1. The average molecular weight is 240 g/mol. The van der Waals surface area contributed by atoms with E-state index in [1.807, 2.05) is 31.2 Å². The normalized spacial score (nSPS) is 9.83. The molecule has 0 saturated carbocycles. The summed E-state index contributed by atoms with van der Waals surface area (Å²) in [6.07, 6.45) is 0. The molecule has 0 bridgehead atoms. The molecule has 18 heavy (non-hydrogen) atoms. The van der Waals surface area contributed by atoms with Crippen molar-refractivity contribution in [3.8, 4) is 6.07 Å². The molecule has 0 unspecified atom stereocenters. The van der Waals surface area contributed by atoms with E-state index in [2.05, 4.69) is 11.4 Å². The second kappa shape index (κ2) is 5.33. The SMILES string of the molecule is Cc1ccccc1NCc1cc(F)ccc1C#N. The first kappa shape index (κ1) is 12.1. The van der Waals surface area contributed by atoms with Crippen LogP contribution in [0.1, 0.15) is 16.7 Å². The van der Waals surface area contributed by atoms with Gasteiger partial charge in [0.25, 0.3) is 0 Å². The lowest BCUT2D eigenvalue weighted by Gasteiger charge is -2.10. The van der Waals surface area contributed by atoms with Crippen molar-refractivity contribution in [2.75, 3.05) is 5.32 Å².